The average Bonchev–Trinajstić information content (AvgIpc) is 2.03. The molecule has 0 aromatic carbocycles. The predicted octanol–water partition coefficient (Wildman–Crippen LogP) is 0.0660. The Morgan fingerprint density at radius 3 is 2.33 bits per heavy atom. The molecule has 0 saturated carbocycles. The molecule has 0 aromatic heterocycles. The van der Waals surface area contributed by atoms with E-state index in [4.69, 9.17) is 5.11 Å². The van der Waals surface area contributed by atoms with Gasteiger partial charge < -0.3 is 15.5 Å². The van der Waals surface area contributed by atoms with E-state index in [-0.39, 0.29) is 5.92 Å². The molecule has 0 aliphatic rings. The summed E-state index contributed by atoms with van der Waals surface area (Å²) >= 11 is 0. The molecular formula is C8H17NO3. The van der Waals surface area contributed by atoms with E-state index in [1.165, 1.54) is 7.05 Å². The first-order valence-electron chi connectivity index (χ1n) is 4.12. The van der Waals surface area contributed by atoms with Gasteiger partial charge in [-0.1, -0.05) is 20.3 Å². The van der Waals surface area contributed by atoms with E-state index in [9.17, 15) is 9.90 Å². The molecule has 0 saturated heterocycles. The fourth-order valence-electron chi connectivity index (χ4n) is 1.01. The maximum Gasteiger partial charge on any atom is 0.323 e. The Morgan fingerprint density at radius 2 is 2.08 bits per heavy atom. The lowest BCUT2D eigenvalue weighted by Crippen LogP contribution is -2.47. The van der Waals surface area contributed by atoms with Crippen molar-refractivity contribution in [2.75, 3.05) is 7.05 Å². The molecular weight excluding hydrogens is 158 g/mol. The average molecular weight is 175 g/mol. The first-order chi connectivity index (χ1) is 5.54. The summed E-state index contributed by atoms with van der Waals surface area (Å²) in [5.41, 5.74) is 0. The number of nitrogens with one attached hydrogen (secondary N) is 1. The highest BCUT2D eigenvalue weighted by Crippen LogP contribution is 2.10. The third-order valence-electron chi connectivity index (χ3n) is 2.15. The lowest BCUT2D eigenvalue weighted by molar-refractivity contribution is -0.143. The zero-order valence-electron chi connectivity index (χ0n) is 7.74. The number of rotatable bonds is 5. The number of hydrogen-bond acceptors (Lipinski definition) is 3. The standard InChI is InChI=1S/C8H17NO3/c1-4-5(2)7(10)6(9-3)8(11)12/h5-7,9-10H,4H2,1-3H3,(H,11,12)/t5-,6+,7-/m1/s1. The van der Waals surface area contributed by atoms with Crippen LogP contribution in [-0.4, -0.2) is 35.4 Å². The Labute approximate surface area is 72.6 Å². The molecule has 3 atom stereocenters. The van der Waals surface area contributed by atoms with Crippen LogP contribution >= 0.6 is 0 Å². The maximum absolute atomic E-state index is 10.6. The van der Waals surface area contributed by atoms with E-state index in [0.29, 0.717) is 0 Å². The van der Waals surface area contributed by atoms with Crippen LogP contribution in [0.15, 0.2) is 0 Å². The van der Waals surface area contributed by atoms with Gasteiger partial charge in [0.1, 0.15) is 6.04 Å². The molecule has 0 radical (unpaired) electrons. The highest BCUT2D eigenvalue weighted by atomic mass is 16.4. The molecule has 3 N–H and O–H groups in total. The SMILES string of the molecule is CC[C@@H](C)[C@@H](O)[C@H](NC)C(=O)O. The van der Waals surface area contributed by atoms with Crippen LogP contribution in [0.25, 0.3) is 0 Å². The Hall–Kier alpha value is -0.610. The fraction of sp³-hybridized carbons (Fsp3) is 0.875. The topological polar surface area (TPSA) is 69.6 Å². The molecule has 0 aliphatic carbocycles. The summed E-state index contributed by atoms with van der Waals surface area (Å²) < 4.78 is 0. The molecule has 0 aliphatic heterocycles. The maximum atomic E-state index is 10.6. The Bertz CT molecular complexity index is 149. The van der Waals surface area contributed by atoms with Crippen molar-refractivity contribution in [3.8, 4) is 0 Å². The molecule has 0 bridgehead atoms. The summed E-state index contributed by atoms with van der Waals surface area (Å²) in [6.07, 6.45) is -0.0513. The zero-order chi connectivity index (χ0) is 9.72. The monoisotopic (exact) mass is 175 g/mol. The minimum Gasteiger partial charge on any atom is -0.480 e. The van der Waals surface area contributed by atoms with Crippen LogP contribution in [0.4, 0.5) is 0 Å². The van der Waals surface area contributed by atoms with Crippen LogP contribution in [0, 0.1) is 5.92 Å². The molecule has 4 nitrogen and oxygen atoms in total. The van der Waals surface area contributed by atoms with Crippen LogP contribution in [0.5, 0.6) is 0 Å². The number of carboxylic acid groups (broad SMARTS) is 1. The van der Waals surface area contributed by atoms with Gasteiger partial charge >= 0.3 is 5.97 Å². The van der Waals surface area contributed by atoms with E-state index in [1.807, 2.05) is 13.8 Å². The van der Waals surface area contributed by atoms with Gasteiger partial charge in [-0.3, -0.25) is 4.79 Å². The zero-order valence-corrected chi connectivity index (χ0v) is 7.74. The van der Waals surface area contributed by atoms with Gasteiger partial charge in [-0.2, -0.15) is 0 Å². The van der Waals surface area contributed by atoms with E-state index in [2.05, 4.69) is 5.32 Å². The van der Waals surface area contributed by atoms with Crippen molar-refractivity contribution >= 4 is 5.97 Å². The Balaban J connectivity index is 4.20. The highest BCUT2D eigenvalue weighted by molar-refractivity contribution is 5.74. The number of hydrogen-bond donors (Lipinski definition) is 3. The molecule has 12 heavy (non-hydrogen) atoms. The Morgan fingerprint density at radius 1 is 1.58 bits per heavy atom. The van der Waals surface area contributed by atoms with Gasteiger partial charge in [0.25, 0.3) is 0 Å². The third-order valence-corrected chi connectivity index (χ3v) is 2.15. The summed E-state index contributed by atoms with van der Waals surface area (Å²) in [5.74, 6) is -1.01. The van der Waals surface area contributed by atoms with Gasteiger partial charge in [0.15, 0.2) is 0 Å². The number of carboxylic acids is 1. The molecule has 72 valence electrons. The first-order valence-corrected chi connectivity index (χ1v) is 4.12. The number of aliphatic hydroxyl groups is 1. The third kappa shape index (κ3) is 2.79. The van der Waals surface area contributed by atoms with E-state index in [1.54, 1.807) is 0 Å². The van der Waals surface area contributed by atoms with Crippen LogP contribution in [0.2, 0.25) is 0 Å². The second-order valence-corrected chi connectivity index (χ2v) is 2.98. The number of aliphatic hydroxyl groups excluding tert-OH is 1. The molecule has 0 fully saturated rings. The van der Waals surface area contributed by atoms with Crippen molar-refractivity contribution in [2.45, 2.75) is 32.4 Å². The number of likely N-dealkylation sites (N-methyl/N-ethyl adjacent to an activating group) is 1. The van der Waals surface area contributed by atoms with Crippen molar-refractivity contribution in [1.82, 2.24) is 5.32 Å². The van der Waals surface area contributed by atoms with Gasteiger partial charge in [-0.05, 0) is 13.0 Å². The van der Waals surface area contributed by atoms with Gasteiger partial charge in [-0.25, -0.2) is 0 Å². The minimum absolute atomic E-state index is 0.00134. The van der Waals surface area contributed by atoms with Crippen LogP contribution in [0.3, 0.4) is 0 Å². The summed E-state index contributed by atoms with van der Waals surface area (Å²) in [5, 5.41) is 20.7. The van der Waals surface area contributed by atoms with Crippen molar-refractivity contribution in [1.29, 1.82) is 0 Å². The molecule has 0 spiro atoms. The second kappa shape index (κ2) is 5.11. The van der Waals surface area contributed by atoms with E-state index in [0.717, 1.165) is 6.42 Å². The Kier molecular flexibility index (Phi) is 4.85. The smallest absolute Gasteiger partial charge is 0.323 e. The van der Waals surface area contributed by atoms with Gasteiger partial charge in [0, 0.05) is 0 Å². The molecule has 0 unspecified atom stereocenters. The van der Waals surface area contributed by atoms with Crippen LogP contribution in [0.1, 0.15) is 20.3 Å². The van der Waals surface area contributed by atoms with Gasteiger partial charge in [-0.15, -0.1) is 0 Å². The molecule has 0 aromatic rings. The lowest BCUT2D eigenvalue weighted by Gasteiger charge is -2.23. The summed E-state index contributed by atoms with van der Waals surface area (Å²) in [6.45, 7) is 3.75. The molecule has 0 rings (SSSR count). The van der Waals surface area contributed by atoms with E-state index >= 15 is 0 Å². The van der Waals surface area contributed by atoms with Gasteiger partial charge in [0.2, 0.25) is 0 Å². The normalized spacial score (nSPS) is 18.3. The first kappa shape index (κ1) is 11.4. The molecule has 4 heteroatoms. The summed E-state index contributed by atoms with van der Waals surface area (Å²) in [7, 11) is 1.53. The van der Waals surface area contributed by atoms with Crippen molar-refractivity contribution in [3.05, 3.63) is 0 Å². The summed E-state index contributed by atoms with van der Waals surface area (Å²) in [4.78, 5) is 10.6. The van der Waals surface area contributed by atoms with E-state index < -0.39 is 18.1 Å². The largest absolute Gasteiger partial charge is 0.480 e. The van der Waals surface area contributed by atoms with Crippen molar-refractivity contribution in [2.24, 2.45) is 5.92 Å². The van der Waals surface area contributed by atoms with Gasteiger partial charge in [0.05, 0.1) is 6.10 Å². The highest BCUT2D eigenvalue weighted by Gasteiger charge is 2.27. The second-order valence-electron chi connectivity index (χ2n) is 2.98. The van der Waals surface area contributed by atoms with Crippen molar-refractivity contribution in [3.63, 3.8) is 0 Å². The number of aliphatic carboxylic acids is 1. The molecule has 0 heterocycles. The molecule has 0 amide bonds. The number of carbonyl (C=O) groups is 1. The van der Waals surface area contributed by atoms with Crippen LogP contribution < -0.4 is 5.32 Å². The quantitative estimate of drug-likeness (QED) is 0.553. The predicted molar refractivity (Wildman–Crippen MR) is 45.9 cm³/mol. The summed E-state index contributed by atoms with van der Waals surface area (Å²) in [6, 6.07) is -0.861. The minimum atomic E-state index is -1.01. The fourth-order valence-corrected chi connectivity index (χ4v) is 1.01. The lowest BCUT2D eigenvalue weighted by atomic mass is 9.96. The van der Waals surface area contributed by atoms with Crippen LogP contribution in [-0.2, 0) is 4.79 Å². The van der Waals surface area contributed by atoms with Crippen molar-refractivity contribution < 1.29 is 15.0 Å².